The number of benzene rings is 1. The summed E-state index contributed by atoms with van der Waals surface area (Å²) in [5.74, 6) is 0.961. The first-order valence-electron chi connectivity index (χ1n) is 8.55. The quantitative estimate of drug-likeness (QED) is 0.908. The van der Waals surface area contributed by atoms with Gasteiger partial charge in [-0.2, -0.15) is 0 Å². The normalized spacial score (nSPS) is 29.0. The van der Waals surface area contributed by atoms with E-state index in [-0.39, 0.29) is 24.1 Å². The molecule has 3 heterocycles. The third kappa shape index (κ3) is 3.53. The summed E-state index contributed by atoms with van der Waals surface area (Å²) in [6.45, 7) is 5.52. The van der Waals surface area contributed by atoms with Crippen LogP contribution in [0.4, 0.5) is 0 Å². The summed E-state index contributed by atoms with van der Waals surface area (Å²) < 4.78 is 11.7. The molecule has 0 bridgehead atoms. The Hall–Kier alpha value is -1.30. The van der Waals surface area contributed by atoms with Crippen LogP contribution in [0.2, 0.25) is 0 Å². The molecule has 2 fully saturated rings. The van der Waals surface area contributed by atoms with Gasteiger partial charge < -0.3 is 19.6 Å². The van der Waals surface area contributed by atoms with E-state index in [2.05, 4.69) is 35.6 Å². The van der Waals surface area contributed by atoms with E-state index in [0.29, 0.717) is 6.61 Å². The maximum Gasteiger partial charge on any atom is 0.168 e. The molecule has 0 aromatic heterocycles. The molecule has 6 heteroatoms. The van der Waals surface area contributed by atoms with Crippen molar-refractivity contribution in [3.05, 3.63) is 29.3 Å². The van der Waals surface area contributed by atoms with Crippen LogP contribution in [0.15, 0.2) is 23.4 Å². The van der Waals surface area contributed by atoms with Crippen molar-refractivity contribution >= 4 is 18.1 Å². The standard InChI is InChI=1S/C18H24N2O3.ClH/c1-13-4-5-14(9-17(13)22-15-3-2-7-19-11-15)16-10-18(23-20-16)6-8-21-12-18;/h4-5,9,15,19H,2-3,6-8,10-12H2,1H3;1H. The number of nitrogens with zero attached hydrogens (tertiary/aromatic N) is 1. The lowest BCUT2D eigenvalue weighted by Gasteiger charge is -2.25. The summed E-state index contributed by atoms with van der Waals surface area (Å²) in [6, 6.07) is 6.33. The maximum absolute atomic E-state index is 6.22. The fourth-order valence-electron chi connectivity index (χ4n) is 3.48. The van der Waals surface area contributed by atoms with Gasteiger partial charge in [0.05, 0.1) is 18.9 Å². The van der Waals surface area contributed by atoms with Crippen LogP contribution in [-0.2, 0) is 9.57 Å². The molecule has 2 atom stereocenters. The molecule has 0 radical (unpaired) electrons. The lowest BCUT2D eigenvalue weighted by molar-refractivity contribution is -0.0237. The van der Waals surface area contributed by atoms with Crippen molar-refractivity contribution in [2.45, 2.75) is 44.3 Å². The predicted octanol–water partition coefficient (Wildman–Crippen LogP) is 2.83. The topological polar surface area (TPSA) is 52.1 Å². The zero-order valence-corrected chi connectivity index (χ0v) is 14.9. The zero-order chi connectivity index (χ0) is 15.7. The molecule has 3 aliphatic heterocycles. The highest BCUT2D eigenvalue weighted by molar-refractivity contribution is 6.02. The Morgan fingerprint density at radius 2 is 2.29 bits per heavy atom. The third-order valence-corrected chi connectivity index (χ3v) is 4.97. The van der Waals surface area contributed by atoms with Crippen LogP contribution in [0, 0.1) is 6.92 Å². The predicted molar refractivity (Wildman–Crippen MR) is 95.4 cm³/mol. The molecule has 0 saturated carbocycles. The first kappa shape index (κ1) is 17.5. The van der Waals surface area contributed by atoms with Gasteiger partial charge in [-0.15, -0.1) is 12.4 Å². The minimum Gasteiger partial charge on any atom is -0.489 e. The molecule has 0 aliphatic carbocycles. The maximum atomic E-state index is 6.22. The number of rotatable bonds is 3. The second kappa shape index (κ2) is 7.30. The molecule has 24 heavy (non-hydrogen) atoms. The smallest absolute Gasteiger partial charge is 0.168 e. The zero-order valence-electron chi connectivity index (χ0n) is 14.0. The van der Waals surface area contributed by atoms with Gasteiger partial charge in [0.25, 0.3) is 0 Å². The molecule has 1 N–H and O–H groups in total. The third-order valence-electron chi connectivity index (χ3n) is 4.97. The Bertz CT molecular complexity index is 608. The van der Waals surface area contributed by atoms with Gasteiger partial charge in [-0.1, -0.05) is 17.3 Å². The van der Waals surface area contributed by atoms with Gasteiger partial charge in [0.2, 0.25) is 0 Å². The lowest BCUT2D eigenvalue weighted by Crippen LogP contribution is -2.37. The summed E-state index contributed by atoms with van der Waals surface area (Å²) in [6.07, 6.45) is 4.28. The molecule has 3 aliphatic rings. The van der Waals surface area contributed by atoms with Crippen molar-refractivity contribution in [2.24, 2.45) is 5.16 Å². The van der Waals surface area contributed by atoms with Crippen LogP contribution in [0.5, 0.6) is 5.75 Å². The van der Waals surface area contributed by atoms with E-state index in [0.717, 1.165) is 61.5 Å². The Balaban J connectivity index is 0.00000169. The number of hydrogen-bond donors (Lipinski definition) is 1. The largest absolute Gasteiger partial charge is 0.489 e. The molecule has 132 valence electrons. The number of oxime groups is 1. The Kier molecular flexibility index (Phi) is 5.33. The van der Waals surface area contributed by atoms with Crippen molar-refractivity contribution in [2.75, 3.05) is 26.3 Å². The first-order valence-corrected chi connectivity index (χ1v) is 8.55. The number of nitrogens with one attached hydrogen (secondary N) is 1. The highest BCUT2D eigenvalue weighted by Crippen LogP contribution is 2.35. The highest BCUT2D eigenvalue weighted by atomic mass is 35.5. The van der Waals surface area contributed by atoms with Gasteiger partial charge in [-0.05, 0) is 37.9 Å². The van der Waals surface area contributed by atoms with Gasteiger partial charge in [-0.25, -0.2) is 0 Å². The fourth-order valence-corrected chi connectivity index (χ4v) is 3.48. The van der Waals surface area contributed by atoms with E-state index in [9.17, 15) is 0 Å². The lowest BCUT2D eigenvalue weighted by atomic mass is 9.93. The van der Waals surface area contributed by atoms with Gasteiger partial charge in [0.1, 0.15) is 11.9 Å². The van der Waals surface area contributed by atoms with Crippen molar-refractivity contribution in [3.8, 4) is 5.75 Å². The van der Waals surface area contributed by atoms with Crippen molar-refractivity contribution in [1.29, 1.82) is 0 Å². The monoisotopic (exact) mass is 352 g/mol. The number of halogens is 1. The van der Waals surface area contributed by atoms with Gasteiger partial charge >= 0.3 is 0 Å². The Labute approximate surface area is 149 Å². The first-order chi connectivity index (χ1) is 11.2. The SMILES string of the molecule is Cc1ccc(C2=NOC3(CCOC3)C2)cc1OC1CCCNC1.Cl. The highest BCUT2D eigenvalue weighted by Gasteiger charge is 2.43. The molecule has 5 nitrogen and oxygen atoms in total. The molecule has 2 saturated heterocycles. The van der Waals surface area contributed by atoms with Crippen LogP contribution in [0.1, 0.15) is 36.8 Å². The van der Waals surface area contributed by atoms with Crippen molar-refractivity contribution in [3.63, 3.8) is 0 Å². The van der Waals surface area contributed by atoms with Crippen LogP contribution in [0.3, 0.4) is 0 Å². The summed E-state index contributed by atoms with van der Waals surface area (Å²) in [5, 5.41) is 7.72. The number of hydrogen-bond acceptors (Lipinski definition) is 5. The molecule has 0 amide bonds. The van der Waals surface area contributed by atoms with Crippen LogP contribution >= 0.6 is 12.4 Å². The van der Waals surface area contributed by atoms with Gasteiger partial charge in [0.15, 0.2) is 5.60 Å². The van der Waals surface area contributed by atoms with Gasteiger partial charge in [0, 0.05) is 24.9 Å². The van der Waals surface area contributed by atoms with E-state index in [4.69, 9.17) is 14.3 Å². The summed E-state index contributed by atoms with van der Waals surface area (Å²) in [4.78, 5) is 5.70. The average molecular weight is 353 g/mol. The van der Waals surface area contributed by atoms with E-state index >= 15 is 0 Å². The summed E-state index contributed by atoms with van der Waals surface area (Å²) >= 11 is 0. The number of piperidine rings is 1. The molecular weight excluding hydrogens is 328 g/mol. The fraction of sp³-hybridized carbons (Fsp3) is 0.611. The summed E-state index contributed by atoms with van der Waals surface area (Å²) in [7, 11) is 0. The average Bonchev–Trinajstić information content (AvgIpc) is 3.21. The Morgan fingerprint density at radius 3 is 3.04 bits per heavy atom. The van der Waals surface area contributed by atoms with Crippen molar-refractivity contribution < 1.29 is 14.3 Å². The molecule has 4 rings (SSSR count). The minimum atomic E-state index is -0.228. The van der Waals surface area contributed by atoms with Crippen molar-refractivity contribution in [1.82, 2.24) is 5.32 Å². The van der Waals surface area contributed by atoms with Crippen LogP contribution < -0.4 is 10.1 Å². The molecular formula is C18H25ClN2O3. The molecule has 1 aromatic rings. The molecule has 2 unspecified atom stereocenters. The second-order valence-electron chi connectivity index (χ2n) is 6.86. The van der Waals surface area contributed by atoms with E-state index in [1.165, 1.54) is 6.42 Å². The van der Waals surface area contributed by atoms with Crippen LogP contribution in [0.25, 0.3) is 0 Å². The van der Waals surface area contributed by atoms with E-state index < -0.39 is 0 Å². The van der Waals surface area contributed by atoms with Crippen LogP contribution in [-0.4, -0.2) is 43.7 Å². The minimum absolute atomic E-state index is 0. The summed E-state index contributed by atoms with van der Waals surface area (Å²) in [5.41, 5.74) is 3.03. The number of aryl methyl sites for hydroxylation is 1. The Morgan fingerprint density at radius 1 is 1.38 bits per heavy atom. The van der Waals surface area contributed by atoms with E-state index in [1.54, 1.807) is 0 Å². The van der Waals surface area contributed by atoms with E-state index in [1.807, 2.05) is 0 Å². The second-order valence-corrected chi connectivity index (χ2v) is 6.86. The molecule has 1 aromatic carbocycles. The molecule has 1 spiro atoms. The number of ether oxygens (including phenoxy) is 2. The van der Waals surface area contributed by atoms with Gasteiger partial charge in [-0.3, -0.25) is 0 Å².